The van der Waals surface area contributed by atoms with E-state index in [-0.39, 0.29) is 5.91 Å². The number of fused-ring (bicyclic) bond motifs is 1. The van der Waals surface area contributed by atoms with E-state index in [1.165, 1.54) is 0 Å². The van der Waals surface area contributed by atoms with Gasteiger partial charge in [-0.2, -0.15) is 0 Å². The van der Waals surface area contributed by atoms with Gasteiger partial charge < -0.3 is 5.32 Å². The fraction of sp³-hybridized carbons (Fsp3) is 0.125. The lowest BCUT2D eigenvalue weighted by molar-refractivity contribution is 0.0953. The molecule has 2 aromatic heterocycles. The van der Waals surface area contributed by atoms with Crippen molar-refractivity contribution in [3.63, 3.8) is 0 Å². The van der Waals surface area contributed by atoms with Gasteiger partial charge in [0.2, 0.25) is 0 Å². The molecule has 0 atom stereocenters. The molecule has 4 heteroatoms. The molecule has 20 heavy (non-hydrogen) atoms. The molecule has 1 aromatic carbocycles. The van der Waals surface area contributed by atoms with E-state index in [1.807, 2.05) is 54.8 Å². The second-order valence-corrected chi connectivity index (χ2v) is 5.62. The molecule has 3 nitrogen and oxygen atoms in total. The summed E-state index contributed by atoms with van der Waals surface area (Å²) in [5.74, 6) is -0.0555. The van der Waals surface area contributed by atoms with Gasteiger partial charge in [-0.25, -0.2) is 0 Å². The van der Waals surface area contributed by atoms with Crippen LogP contribution in [0.4, 0.5) is 0 Å². The molecule has 3 aromatic rings. The predicted molar refractivity (Wildman–Crippen MR) is 82.0 cm³/mol. The molecular formula is C16H14N2OS. The van der Waals surface area contributed by atoms with E-state index in [2.05, 4.69) is 10.3 Å². The third-order valence-electron chi connectivity index (χ3n) is 3.09. The maximum absolute atomic E-state index is 12.4. The summed E-state index contributed by atoms with van der Waals surface area (Å²) in [5, 5.41) is 5.86. The van der Waals surface area contributed by atoms with E-state index in [9.17, 15) is 4.79 Å². The number of hydrogen-bond donors (Lipinski definition) is 1. The summed E-state index contributed by atoms with van der Waals surface area (Å²) in [6.45, 7) is 2.47. The van der Waals surface area contributed by atoms with Crippen LogP contribution in [0, 0.1) is 6.92 Å². The van der Waals surface area contributed by atoms with Gasteiger partial charge in [0.1, 0.15) is 0 Å². The first-order valence-corrected chi connectivity index (χ1v) is 7.29. The van der Waals surface area contributed by atoms with Gasteiger partial charge in [-0.1, -0.05) is 24.3 Å². The standard InChI is InChI=1S/C16H14N2OS/c1-11-9-14(13-6-2-3-7-15(13)18-11)16(19)17-10-12-5-4-8-20-12/h2-9H,10H2,1H3,(H,17,19). The highest BCUT2D eigenvalue weighted by Crippen LogP contribution is 2.18. The normalized spacial score (nSPS) is 10.7. The van der Waals surface area contributed by atoms with Crippen molar-refractivity contribution in [3.05, 3.63) is 64.0 Å². The minimum Gasteiger partial charge on any atom is -0.347 e. The van der Waals surface area contributed by atoms with Gasteiger partial charge in [-0.15, -0.1) is 11.3 Å². The zero-order chi connectivity index (χ0) is 13.9. The van der Waals surface area contributed by atoms with E-state index in [1.54, 1.807) is 11.3 Å². The van der Waals surface area contributed by atoms with E-state index in [0.29, 0.717) is 12.1 Å². The zero-order valence-electron chi connectivity index (χ0n) is 11.1. The second-order valence-electron chi connectivity index (χ2n) is 4.59. The summed E-state index contributed by atoms with van der Waals surface area (Å²) >= 11 is 1.64. The Morgan fingerprint density at radius 2 is 2.10 bits per heavy atom. The number of carbonyl (C=O) groups excluding carboxylic acids is 1. The topological polar surface area (TPSA) is 42.0 Å². The molecule has 100 valence electrons. The molecular weight excluding hydrogens is 268 g/mol. The van der Waals surface area contributed by atoms with Crippen LogP contribution in [0.25, 0.3) is 10.9 Å². The molecule has 0 bridgehead atoms. The number of thiophene rings is 1. The molecule has 2 heterocycles. The molecule has 0 aliphatic heterocycles. The van der Waals surface area contributed by atoms with E-state index in [4.69, 9.17) is 0 Å². The number of aryl methyl sites for hydroxylation is 1. The van der Waals surface area contributed by atoms with Crippen molar-refractivity contribution in [2.75, 3.05) is 0 Å². The smallest absolute Gasteiger partial charge is 0.252 e. The number of nitrogens with zero attached hydrogens (tertiary/aromatic N) is 1. The summed E-state index contributed by atoms with van der Waals surface area (Å²) in [5.41, 5.74) is 2.39. The Kier molecular flexibility index (Phi) is 3.48. The average molecular weight is 282 g/mol. The molecule has 1 amide bonds. The summed E-state index contributed by atoms with van der Waals surface area (Å²) in [6, 6.07) is 13.6. The monoisotopic (exact) mass is 282 g/mol. The quantitative estimate of drug-likeness (QED) is 0.798. The molecule has 3 rings (SSSR count). The fourth-order valence-corrected chi connectivity index (χ4v) is 2.82. The first-order chi connectivity index (χ1) is 9.74. The maximum Gasteiger partial charge on any atom is 0.252 e. The van der Waals surface area contributed by atoms with Crippen LogP contribution in [-0.2, 0) is 6.54 Å². The Hall–Kier alpha value is -2.20. The summed E-state index contributed by atoms with van der Waals surface area (Å²) in [7, 11) is 0. The van der Waals surface area contributed by atoms with Crippen LogP contribution in [-0.4, -0.2) is 10.9 Å². The van der Waals surface area contributed by atoms with Gasteiger partial charge in [-0.05, 0) is 30.5 Å². The molecule has 0 saturated heterocycles. The number of pyridine rings is 1. The van der Waals surface area contributed by atoms with Gasteiger partial charge in [0.15, 0.2) is 0 Å². The molecule has 0 unspecified atom stereocenters. The van der Waals surface area contributed by atoms with Crippen molar-refractivity contribution >= 4 is 28.1 Å². The molecule has 0 fully saturated rings. The Bertz CT molecular complexity index is 750. The number of amides is 1. The van der Waals surface area contributed by atoms with Gasteiger partial charge >= 0.3 is 0 Å². The lowest BCUT2D eigenvalue weighted by Crippen LogP contribution is -2.22. The summed E-state index contributed by atoms with van der Waals surface area (Å²) in [6.07, 6.45) is 0. The van der Waals surface area contributed by atoms with Gasteiger partial charge in [-0.3, -0.25) is 9.78 Å². The number of nitrogens with one attached hydrogen (secondary N) is 1. The lowest BCUT2D eigenvalue weighted by Gasteiger charge is -2.08. The Balaban J connectivity index is 1.90. The van der Waals surface area contributed by atoms with Crippen molar-refractivity contribution in [2.24, 2.45) is 0 Å². The molecule has 0 radical (unpaired) electrons. The van der Waals surface area contributed by atoms with Crippen LogP contribution in [0.15, 0.2) is 47.8 Å². The third-order valence-corrected chi connectivity index (χ3v) is 3.97. The zero-order valence-corrected chi connectivity index (χ0v) is 11.9. The SMILES string of the molecule is Cc1cc(C(=O)NCc2cccs2)c2ccccc2n1. The number of benzene rings is 1. The van der Waals surface area contributed by atoms with Crippen molar-refractivity contribution < 1.29 is 4.79 Å². The Morgan fingerprint density at radius 1 is 1.25 bits per heavy atom. The Morgan fingerprint density at radius 3 is 2.90 bits per heavy atom. The number of para-hydroxylation sites is 1. The van der Waals surface area contributed by atoms with Crippen LogP contribution in [0.5, 0.6) is 0 Å². The number of carbonyl (C=O) groups is 1. The minimum absolute atomic E-state index is 0.0555. The molecule has 1 N–H and O–H groups in total. The first kappa shape index (κ1) is 12.8. The average Bonchev–Trinajstić information content (AvgIpc) is 2.97. The van der Waals surface area contributed by atoms with Gasteiger partial charge in [0.25, 0.3) is 5.91 Å². The van der Waals surface area contributed by atoms with Gasteiger partial charge in [0, 0.05) is 16.0 Å². The van der Waals surface area contributed by atoms with Crippen molar-refractivity contribution in [1.82, 2.24) is 10.3 Å². The predicted octanol–water partition coefficient (Wildman–Crippen LogP) is 3.53. The fourth-order valence-electron chi connectivity index (χ4n) is 2.17. The Labute approximate surface area is 121 Å². The van der Waals surface area contributed by atoms with E-state index >= 15 is 0 Å². The first-order valence-electron chi connectivity index (χ1n) is 6.41. The second kappa shape index (κ2) is 5.43. The highest BCUT2D eigenvalue weighted by molar-refractivity contribution is 7.09. The highest BCUT2D eigenvalue weighted by atomic mass is 32.1. The largest absolute Gasteiger partial charge is 0.347 e. The lowest BCUT2D eigenvalue weighted by atomic mass is 10.1. The van der Waals surface area contributed by atoms with Crippen LogP contribution in [0.3, 0.4) is 0 Å². The molecule has 0 spiro atoms. The number of rotatable bonds is 3. The van der Waals surface area contributed by atoms with Crippen molar-refractivity contribution in [3.8, 4) is 0 Å². The molecule has 0 saturated carbocycles. The van der Waals surface area contributed by atoms with Crippen molar-refractivity contribution in [1.29, 1.82) is 0 Å². The highest BCUT2D eigenvalue weighted by Gasteiger charge is 2.11. The van der Waals surface area contributed by atoms with Crippen LogP contribution >= 0.6 is 11.3 Å². The van der Waals surface area contributed by atoms with Crippen LogP contribution < -0.4 is 5.32 Å². The molecule has 0 aliphatic carbocycles. The van der Waals surface area contributed by atoms with E-state index in [0.717, 1.165) is 21.5 Å². The number of aromatic nitrogens is 1. The maximum atomic E-state index is 12.4. The third kappa shape index (κ3) is 2.56. The molecule has 0 aliphatic rings. The summed E-state index contributed by atoms with van der Waals surface area (Å²) < 4.78 is 0. The van der Waals surface area contributed by atoms with Gasteiger partial charge in [0.05, 0.1) is 17.6 Å². The minimum atomic E-state index is -0.0555. The van der Waals surface area contributed by atoms with Crippen LogP contribution in [0.1, 0.15) is 20.9 Å². The van der Waals surface area contributed by atoms with E-state index < -0.39 is 0 Å². The number of hydrogen-bond acceptors (Lipinski definition) is 3. The summed E-state index contributed by atoms with van der Waals surface area (Å²) in [4.78, 5) is 18.0. The van der Waals surface area contributed by atoms with Crippen molar-refractivity contribution in [2.45, 2.75) is 13.5 Å². The van der Waals surface area contributed by atoms with Crippen LogP contribution in [0.2, 0.25) is 0 Å².